The summed E-state index contributed by atoms with van der Waals surface area (Å²) in [5.41, 5.74) is -1.08. The van der Waals surface area contributed by atoms with Crippen LogP contribution >= 0.6 is 0 Å². The number of aromatic nitrogens is 2. The molecule has 1 unspecified atom stereocenters. The van der Waals surface area contributed by atoms with Gasteiger partial charge in [-0.05, 0) is 36.8 Å². The van der Waals surface area contributed by atoms with Crippen LogP contribution in [0.5, 0.6) is 0 Å². The van der Waals surface area contributed by atoms with Crippen LogP contribution in [0.2, 0.25) is 0 Å². The van der Waals surface area contributed by atoms with Crippen LogP contribution in [-0.2, 0) is 4.79 Å². The molecule has 0 saturated carbocycles. The van der Waals surface area contributed by atoms with Crippen LogP contribution in [0, 0.1) is 12.7 Å². The van der Waals surface area contributed by atoms with E-state index in [1.54, 1.807) is 19.2 Å². The maximum absolute atomic E-state index is 14.1. The number of amides is 1. The van der Waals surface area contributed by atoms with Gasteiger partial charge in [-0.3, -0.25) is 4.79 Å². The molecule has 1 saturated heterocycles. The first-order valence-corrected chi connectivity index (χ1v) is 7.34. The van der Waals surface area contributed by atoms with Crippen LogP contribution < -0.4 is 0 Å². The zero-order valence-electron chi connectivity index (χ0n) is 12.9. The van der Waals surface area contributed by atoms with Gasteiger partial charge in [-0.2, -0.15) is 5.10 Å². The van der Waals surface area contributed by atoms with Gasteiger partial charge < -0.3 is 10.0 Å². The molecule has 6 nitrogen and oxygen atoms in total. The van der Waals surface area contributed by atoms with Gasteiger partial charge in [0.15, 0.2) is 5.69 Å². The number of benzene rings is 1. The summed E-state index contributed by atoms with van der Waals surface area (Å²) in [4.78, 5) is 24.4. The van der Waals surface area contributed by atoms with Crippen molar-refractivity contribution in [3.8, 4) is 5.69 Å². The number of likely N-dealkylation sites (tertiary alicyclic amines) is 1. The van der Waals surface area contributed by atoms with Crippen molar-refractivity contribution in [1.82, 2.24) is 14.7 Å². The van der Waals surface area contributed by atoms with Crippen molar-refractivity contribution in [1.29, 1.82) is 0 Å². The number of halogens is 2. The summed E-state index contributed by atoms with van der Waals surface area (Å²) in [6.07, 6.45) is 1.30. The molecule has 1 fully saturated rings. The SMILES string of the molecule is Cc1cc(F)ccc1-n1ccc(C(=O)N2CCC(F)(C(=O)O)C2)n1. The zero-order valence-corrected chi connectivity index (χ0v) is 12.9. The summed E-state index contributed by atoms with van der Waals surface area (Å²) in [6.45, 7) is 1.24. The molecule has 1 amide bonds. The number of carbonyl (C=O) groups is 2. The van der Waals surface area contributed by atoms with Gasteiger partial charge in [0.25, 0.3) is 5.91 Å². The van der Waals surface area contributed by atoms with Crippen LogP contribution in [0.25, 0.3) is 5.69 Å². The van der Waals surface area contributed by atoms with Gasteiger partial charge >= 0.3 is 5.97 Å². The monoisotopic (exact) mass is 335 g/mol. The molecule has 0 bridgehead atoms. The van der Waals surface area contributed by atoms with E-state index in [2.05, 4.69) is 5.10 Å². The van der Waals surface area contributed by atoms with Crippen LogP contribution in [0.4, 0.5) is 8.78 Å². The number of aryl methyl sites for hydroxylation is 1. The summed E-state index contributed by atoms with van der Waals surface area (Å²) in [5.74, 6) is -2.47. The Morgan fingerprint density at radius 2 is 2.08 bits per heavy atom. The quantitative estimate of drug-likeness (QED) is 0.930. The lowest BCUT2D eigenvalue weighted by molar-refractivity contribution is -0.149. The molecule has 0 radical (unpaired) electrons. The molecular weight excluding hydrogens is 320 g/mol. The Morgan fingerprint density at radius 3 is 2.71 bits per heavy atom. The van der Waals surface area contributed by atoms with Crippen LogP contribution in [0.1, 0.15) is 22.5 Å². The predicted octanol–water partition coefficient (Wildman–Crippen LogP) is 1.96. The molecule has 0 aliphatic carbocycles. The Hall–Kier alpha value is -2.77. The van der Waals surface area contributed by atoms with Crippen molar-refractivity contribution in [2.75, 3.05) is 13.1 Å². The molecule has 2 heterocycles. The second-order valence-corrected chi connectivity index (χ2v) is 5.82. The minimum Gasteiger partial charge on any atom is -0.479 e. The summed E-state index contributed by atoms with van der Waals surface area (Å²) in [6, 6.07) is 5.64. The molecule has 1 aliphatic rings. The number of rotatable bonds is 3. The Kier molecular flexibility index (Phi) is 3.82. The third kappa shape index (κ3) is 2.75. The molecule has 1 aromatic heterocycles. The van der Waals surface area contributed by atoms with Gasteiger partial charge in [0.1, 0.15) is 5.82 Å². The van der Waals surface area contributed by atoms with E-state index < -0.39 is 24.1 Å². The highest BCUT2D eigenvalue weighted by Gasteiger charge is 2.47. The minimum absolute atomic E-state index is 0.0179. The fourth-order valence-corrected chi connectivity index (χ4v) is 2.73. The number of hydrogen-bond donors (Lipinski definition) is 1. The highest BCUT2D eigenvalue weighted by molar-refractivity contribution is 5.93. The van der Waals surface area contributed by atoms with Gasteiger partial charge in [-0.1, -0.05) is 0 Å². The summed E-state index contributed by atoms with van der Waals surface area (Å²) < 4.78 is 28.7. The predicted molar refractivity (Wildman–Crippen MR) is 80.3 cm³/mol. The smallest absolute Gasteiger partial charge is 0.343 e. The van der Waals surface area contributed by atoms with Crippen LogP contribution in [0.3, 0.4) is 0 Å². The fourth-order valence-electron chi connectivity index (χ4n) is 2.73. The maximum Gasteiger partial charge on any atom is 0.343 e. The largest absolute Gasteiger partial charge is 0.479 e. The van der Waals surface area contributed by atoms with Gasteiger partial charge in [0.05, 0.1) is 12.2 Å². The number of alkyl halides is 1. The lowest BCUT2D eigenvalue weighted by atomic mass is 10.1. The summed E-state index contributed by atoms with van der Waals surface area (Å²) in [5, 5.41) is 13.0. The fraction of sp³-hybridized carbons (Fsp3) is 0.312. The number of aliphatic carboxylic acids is 1. The average Bonchev–Trinajstić information content (AvgIpc) is 3.14. The van der Waals surface area contributed by atoms with E-state index in [1.165, 1.54) is 22.9 Å². The topological polar surface area (TPSA) is 75.4 Å². The number of nitrogens with zero attached hydrogens (tertiary/aromatic N) is 3. The van der Waals surface area contributed by atoms with E-state index in [0.717, 1.165) is 4.90 Å². The minimum atomic E-state index is -2.41. The summed E-state index contributed by atoms with van der Waals surface area (Å²) in [7, 11) is 0. The molecule has 3 rings (SSSR count). The molecule has 2 aromatic rings. The van der Waals surface area contributed by atoms with Crippen molar-refractivity contribution >= 4 is 11.9 Å². The third-order valence-corrected chi connectivity index (χ3v) is 4.10. The molecule has 8 heteroatoms. The first-order valence-electron chi connectivity index (χ1n) is 7.34. The molecule has 1 aromatic carbocycles. The van der Waals surface area contributed by atoms with E-state index in [9.17, 15) is 18.4 Å². The van der Waals surface area contributed by atoms with Crippen molar-refractivity contribution in [3.05, 3.63) is 47.5 Å². The Bertz CT molecular complexity index is 821. The first-order chi connectivity index (χ1) is 11.3. The Labute approximate surface area is 136 Å². The molecule has 0 spiro atoms. The van der Waals surface area contributed by atoms with E-state index in [4.69, 9.17) is 5.11 Å². The lowest BCUT2D eigenvalue weighted by Crippen LogP contribution is -2.39. The number of carboxylic acids is 1. The number of hydrogen-bond acceptors (Lipinski definition) is 3. The summed E-state index contributed by atoms with van der Waals surface area (Å²) >= 11 is 0. The highest BCUT2D eigenvalue weighted by Crippen LogP contribution is 2.27. The second-order valence-electron chi connectivity index (χ2n) is 5.82. The van der Waals surface area contributed by atoms with Gasteiger partial charge in [0, 0.05) is 19.2 Å². The van der Waals surface area contributed by atoms with Gasteiger partial charge in [0.2, 0.25) is 5.67 Å². The van der Waals surface area contributed by atoms with Crippen molar-refractivity contribution in [2.24, 2.45) is 0 Å². The van der Waals surface area contributed by atoms with E-state index in [1.807, 2.05) is 0 Å². The molecular formula is C16H15F2N3O3. The van der Waals surface area contributed by atoms with Crippen molar-refractivity contribution in [3.63, 3.8) is 0 Å². The standard InChI is InChI=1S/C16H15F2N3O3/c1-10-8-11(17)2-3-13(10)21-6-4-12(19-21)14(22)20-7-5-16(18,9-20)15(23)24/h2-4,6,8H,5,7,9H2,1H3,(H,23,24). The van der Waals surface area contributed by atoms with Crippen LogP contribution in [0.15, 0.2) is 30.5 Å². The van der Waals surface area contributed by atoms with Gasteiger partial charge in [-0.15, -0.1) is 0 Å². The van der Waals surface area contributed by atoms with E-state index in [-0.39, 0.29) is 24.5 Å². The first kappa shape index (κ1) is 16.1. The number of carboxylic acid groups (broad SMARTS) is 1. The third-order valence-electron chi connectivity index (χ3n) is 4.10. The van der Waals surface area contributed by atoms with Crippen molar-refractivity contribution < 1.29 is 23.5 Å². The Morgan fingerprint density at radius 1 is 1.33 bits per heavy atom. The Balaban J connectivity index is 1.81. The van der Waals surface area contributed by atoms with E-state index >= 15 is 0 Å². The average molecular weight is 335 g/mol. The van der Waals surface area contributed by atoms with E-state index in [0.29, 0.717) is 11.3 Å². The maximum atomic E-state index is 14.1. The number of carbonyl (C=O) groups excluding carboxylic acids is 1. The molecule has 1 aliphatic heterocycles. The zero-order chi connectivity index (χ0) is 17.5. The second kappa shape index (κ2) is 5.70. The highest BCUT2D eigenvalue weighted by atomic mass is 19.1. The molecule has 1 N–H and O–H groups in total. The lowest BCUT2D eigenvalue weighted by Gasteiger charge is -2.16. The van der Waals surface area contributed by atoms with Crippen molar-refractivity contribution in [2.45, 2.75) is 19.0 Å². The molecule has 1 atom stereocenters. The normalized spacial score (nSPS) is 20.4. The molecule has 24 heavy (non-hydrogen) atoms. The molecule has 126 valence electrons. The van der Waals surface area contributed by atoms with Gasteiger partial charge in [-0.25, -0.2) is 18.3 Å². The van der Waals surface area contributed by atoms with Crippen LogP contribution in [-0.4, -0.2) is 50.4 Å².